The number of carbonyl (C=O) groups excluding carboxylic acids is 1. The van der Waals surface area contributed by atoms with Crippen LogP contribution in [0.1, 0.15) is 38.2 Å². The van der Waals surface area contributed by atoms with E-state index in [9.17, 15) is 4.79 Å². The molecule has 4 heteroatoms. The number of benzene rings is 1. The van der Waals surface area contributed by atoms with E-state index in [1.54, 1.807) is 7.11 Å². The lowest BCUT2D eigenvalue weighted by Crippen LogP contribution is -2.45. The first-order valence-corrected chi connectivity index (χ1v) is 7.37. The van der Waals surface area contributed by atoms with Crippen LogP contribution in [-0.2, 0) is 6.54 Å². The van der Waals surface area contributed by atoms with E-state index in [-0.39, 0.29) is 6.03 Å². The Bertz CT molecular complexity index is 448. The summed E-state index contributed by atoms with van der Waals surface area (Å²) in [5.41, 5.74) is 0.988. The first-order valence-electron chi connectivity index (χ1n) is 7.37. The van der Waals surface area contributed by atoms with Crippen LogP contribution in [0.4, 0.5) is 4.79 Å². The third kappa shape index (κ3) is 3.89. The molecule has 1 fully saturated rings. The number of urea groups is 1. The van der Waals surface area contributed by atoms with Crippen molar-refractivity contribution in [2.45, 2.75) is 45.2 Å². The predicted molar refractivity (Wildman–Crippen MR) is 79.8 cm³/mol. The fourth-order valence-electron chi connectivity index (χ4n) is 2.77. The van der Waals surface area contributed by atoms with Crippen molar-refractivity contribution in [2.75, 3.05) is 7.11 Å². The predicted octanol–water partition coefficient (Wildman–Crippen LogP) is 3.07. The molecule has 0 radical (unpaired) electrons. The first kappa shape index (κ1) is 14.7. The molecule has 2 atom stereocenters. The third-order valence-electron chi connectivity index (χ3n) is 4.06. The molecule has 2 rings (SSSR count). The molecule has 20 heavy (non-hydrogen) atoms. The fourth-order valence-corrected chi connectivity index (χ4v) is 2.77. The van der Waals surface area contributed by atoms with E-state index in [0.29, 0.717) is 18.5 Å². The molecule has 1 aliphatic carbocycles. The van der Waals surface area contributed by atoms with Gasteiger partial charge in [-0.3, -0.25) is 0 Å². The van der Waals surface area contributed by atoms with Gasteiger partial charge in [0.05, 0.1) is 7.11 Å². The van der Waals surface area contributed by atoms with Crippen LogP contribution >= 0.6 is 0 Å². The Morgan fingerprint density at radius 3 is 2.80 bits per heavy atom. The van der Waals surface area contributed by atoms with Crippen molar-refractivity contribution >= 4 is 6.03 Å². The largest absolute Gasteiger partial charge is 0.496 e. The number of methoxy groups -OCH3 is 1. The zero-order chi connectivity index (χ0) is 14.4. The zero-order valence-corrected chi connectivity index (χ0v) is 12.3. The first-order chi connectivity index (χ1) is 9.70. The molecule has 0 bridgehead atoms. The number of rotatable bonds is 4. The molecule has 0 aliphatic heterocycles. The Morgan fingerprint density at radius 1 is 1.30 bits per heavy atom. The Labute approximate surface area is 120 Å². The number of hydrogen-bond donors (Lipinski definition) is 2. The number of hydrogen-bond acceptors (Lipinski definition) is 2. The van der Waals surface area contributed by atoms with E-state index < -0.39 is 0 Å². The maximum Gasteiger partial charge on any atom is 0.315 e. The molecule has 0 unspecified atom stereocenters. The van der Waals surface area contributed by atoms with Crippen LogP contribution in [0.25, 0.3) is 0 Å². The molecule has 1 aromatic rings. The molecule has 0 aromatic heterocycles. The van der Waals surface area contributed by atoms with Crippen LogP contribution in [0.15, 0.2) is 24.3 Å². The van der Waals surface area contributed by atoms with Gasteiger partial charge in [-0.25, -0.2) is 4.79 Å². The lowest BCUT2D eigenvalue weighted by atomic mass is 9.86. The smallest absolute Gasteiger partial charge is 0.315 e. The SMILES string of the molecule is COc1ccccc1CNC(=O)N[C@@H]1CCCC[C@H]1C. The minimum atomic E-state index is -0.0883. The maximum atomic E-state index is 12.0. The highest BCUT2D eigenvalue weighted by Gasteiger charge is 2.22. The summed E-state index contributed by atoms with van der Waals surface area (Å²) in [6.45, 7) is 2.70. The Morgan fingerprint density at radius 2 is 2.05 bits per heavy atom. The number of ether oxygens (including phenoxy) is 1. The number of para-hydroxylation sites is 1. The van der Waals surface area contributed by atoms with Crippen molar-refractivity contribution < 1.29 is 9.53 Å². The third-order valence-corrected chi connectivity index (χ3v) is 4.06. The highest BCUT2D eigenvalue weighted by Crippen LogP contribution is 2.23. The van der Waals surface area contributed by atoms with E-state index in [1.165, 1.54) is 19.3 Å². The summed E-state index contributed by atoms with van der Waals surface area (Å²) in [5.74, 6) is 1.37. The summed E-state index contributed by atoms with van der Waals surface area (Å²) in [6.07, 6.45) is 4.78. The standard InChI is InChI=1S/C16H24N2O2/c1-12-7-3-5-9-14(12)18-16(19)17-11-13-8-4-6-10-15(13)20-2/h4,6,8,10,12,14H,3,5,7,9,11H2,1-2H3,(H2,17,18,19)/t12-,14-/m1/s1. The van der Waals surface area contributed by atoms with E-state index in [2.05, 4.69) is 17.6 Å². The molecular weight excluding hydrogens is 252 g/mol. The maximum absolute atomic E-state index is 12.0. The van der Waals surface area contributed by atoms with Gasteiger partial charge >= 0.3 is 6.03 Å². The minimum absolute atomic E-state index is 0.0883. The summed E-state index contributed by atoms with van der Waals surface area (Å²) in [5, 5.41) is 6.00. The van der Waals surface area contributed by atoms with Crippen molar-refractivity contribution in [1.29, 1.82) is 0 Å². The van der Waals surface area contributed by atoms with Crippen molar-refractivity contribution in [1.82, 2.24) is 10.6 Å². The molecule has 0 heterocycles. The van der Waals surface area contributed by atoms with E-state index in [1.807, 2.05) is 24.3 Å². The average molecular weight is 276 g/mol. The topological polar surface area (TPSA) is 50.4 Å². The van der Waals surface area contributed by atoms with Gasteiger partial charge in [0, 0.05) is 18.2 Å². The van der Waals surface area contributed by atoms with Gasteiger partial charge in [-0.1, -0.05) is 38.0 Å². The second-order valence-electron chi connectivity index (χ2n) is 5.51. The highest BCUT2D eigenvalue weighted by atomic mass is 16.5. The van der Waals surface area contributed by atoms with Crippen LogP contribution in [-0.4, -0.2) is 19.2 Å². The molecule has 0 spiro atoms. The van der Waals surface area contributed by atoms with Crippen LogP contribution in [0.5, 0.6) is 5.75 Å². The zero-order valence-electron chi connectivity index (χ0n) is 12.3. The van der Waals surface area contributed by atoms with Crippen molar-refractivity contribution in [3.8, 4) is 5.75 Å². The Balaban J connectivity index is 1.82. The lowest BCUT2D eigenvalue weighted by molar-refractivity contribution is 0.221. The van der Waals surface area contributed by atoms with E-state index >= 15 is 0 Å². The van der Waals surface area contributed by atoms with Crippen LogP contribution < -0.4 is 15.4 Å². The van der Waals surface area contributed by atoms with Gasteiger partial charge in [0.1, 0.15) is 5.75 Å². The van der Waals surface area contributed by atoms with Crippen molar-refractivity contribution in [3.63, 3.8) is 0 Å². The molecule has 2 amide bonds. The average Bonchev–Trinajstić information content (AvgIpc) is 2.48. The van der Waals surface area contributed by atoms with Crippen molar-refractivity contribution in [2.24, 2.45) is 5.92 Å². The highest BCUT2D eigenvalue weighted by molar-refractivity contribution is 5.74. The lowest BCUT2D eigenvalue weighted by Gasteiger charge is -2.29. The van der Waals surface area contributed by atoms with Gasteiger partial charge in [-0.2, -0.15) is 0 Å². The molecule has 2 N–H and O–H groups in total. The molecule has 4 nitrogen and oxygen atoms in total. The molecule has 1 aliphatic rings. The van der Waals surface area contributed by atoms with Gasteiger partial charge < -0.3 is 15.4 Å². The summed E-state index contributed by atoms with van der Waals surface area (Å²) in [7, 11) is 1.64. The van der Waals surface area contributed by atoms with Gasteiger partial charge in [0.25, 0.3) is 0 Å². The van der Waals surface area contributed by atoms with Gasteiger partial charge in [0.2, 0.25) is 0 Å². The van der Waals surface area contributed by atoms with Gasteiger partial charge in [0.15, 0.2) is 0 Å². The number of nitrogens with one attached hydrogen (secondary N) is 2. The number of carbonyl (C=O) groups is 1. The Hall–Kier alpha value is -1.71. The second-order valence-corrected chi connectivity index (χ2v) is 5.51. The molecular formula is C16H24N2O2. The van der Waals surface area contributed by atoms with E-state index in [0.717, 1.165) is 17.7 Å². The minimum Gasteiger partial charge on any atom is -0.496 e. The molecule has 1 saturated carbocycles. The van der Waals surface area contributed by atoms with Crippen molar-refractivity contribution in [3.05, 3.63) is 29.8 Å². The van der Waals surface area contributed by atoms with Crippen LogP contribution in [0, 0.1) is 5.92 Å². The summed E-state index contributed by atoms with van der Waals surface area (Å²) < 4.78 is 5.27. The summed E-state index contributed by atoms with van der Waals surface area (Å²) in [6, 6.07) is 7.95. The molecule has 0 saturated heterocycles. The summed E-state index contributed by atoms with van der Waals surface area (Å²) in [4.78, 5) is 12.0. The molecule has 110 valence electrons. The van der Waals surface area contributed by atoms with E-state index in [4.69, 9.17) is 4.74 Å². The fraction of sp³-hybridized carbons (Fsp3) is 0.562. The second kappa shape index (κ2) is 7.17. The van der Waals surface area contributed by atoms with Gasteiger partial charge in [-0.05, 0) is 24.8 Å². The summed E-state index contributed by atoms with van der Waals surface area (Å²) >= 11 is 0. The number of amides is 2. The van der Waals surface area contributed by atoms with Crippen LogP contribution in [0.3, 0.4) is 0 Å². The quantitative estimate of drug-likeness (QED) is 0.888. The Kier molecular flexibility index (Phi) is 5.27. The van der Waals surface area contributed by atoms with Crippen LogP contribution in [0.2, 0.25) is 0 Å². The monoisotopic (exact) mass is 276 g/mol. The van der Waals surface area contributed by atoms with Gasteiger partial charge in [-0.15, -0.1) is 0 Å². The normalized spacial score (nSPS) is 22.1. The molecule has 1 aromatic carbocycles.